The summed E-state index contributed by atoms with van der Waals surface area (Å²) in [6.07, 6.45) is 1.37. The summed E-state index contributed by atoms with van der Waals surface area (Å²) in [5.41, 5.74) is 0.669. The molecule has 0 aliphatic rings. The smallest absolute Gasteiger partial charge is 0.350 e. The van der Waals surface area contributed by atoms with Crippen molar-refractivity contribution in [3.63, 3.8) is 0 Å². The standard InChI is InChI=1S/C20H21FN4O2/c1-2-8-18-23-25(16-10-4-3-5-11-16)20(27)24(18)14-19(26)22-13-15-9-6-7-12-17(15)21/h3-7,9-12H,2,8,13-14H2,1H3,(H,22,26). The largest absolute Gasteiger partial charge is 0.351 e. The molecule has 6 nitrogen and oxygen atoms in total. The van der Waals surface area contributed by atoms with Gasteiger partial charge in [0.15, 0.2) is 0 Å². The number of carbonyl (C=O) groups is 1. The second kappa shape index (κ2) is 8.44. The summed E-state index contributed by atoms with van der Waals surface area (Å²) < 4.78 is 16.3. The molecule has 1 N–H and O–H groups in total. The van der Waals surface area contributed by atoms with Gasteiger partial charge in [0.25, 0.3) is 0 Å². The molecular weight excluding hydrogens is 347 g/mol. The van der Waals surface area contributed by atoms with E-state index in [1.807, 2.05) is 25.1 Å². The van der Waals surface area contributed by atoms with Crippen LogP contribution in [-0.4, -0.2) is 20.3 Å². The third-order valence-electron chi connectivity index (χ3n) is 4.15. The Morgan fingerprint density at radius 1 is 1.11 bits per heavy atom. The van der Waals surface area contributed by atoms with Crippen molar-refractivity contribution >= 4 is 5.91 Å². The number of carbonyl (C=O) groups excluding carboxylic acids is 1. The Morgan fingerprint density at radius 3 is 2.52 bits per heavy atom. The molecule has 0 radical (unpaired) electrons. The number of rotatable bonds is 7. The summed E-state index contributed by atoms with van der Waals surface area (Å²) in [5.74, 6) is -0.198. The SMILES string of the molecule is CCCc1nn(-c2ccccc2)c(=O)n1CC(=O)NCc1ccccc1F. The quantitative estimate of drug-likeness (QED) is 0.696. The van der Waals surface area contributed by atoms with Crippen molar-refractivity contribution in [1.29, 1.82) is 0 Å². The van der Waals surface area contributed by atoms with Gasteiger partial charge in [-0.25, -0.2) is 9.18 Å². The zero-order chi connectivity index (χ0) is 19.2. The van der Waals surface area contributed by atoms with E-state index in [0.717, 1.165) is 6.42 Å². The fourth-order valence-electron chi connectivity index (χ4n) is 2.78. The number of halogens is 1. The van der Waals surface area contributed by atoms with Crippen LogP contribution < -0.4 is 11.0 Å². The lowest BCUT2D eigenvalue weighted by molar-refractivity contribution is -0.121. The minimum atomic E-state index is -0.376. The predicted octanol–water partition coefficient (Wildman–Crippen LogP) is 2.44. The van der Waals surface area contributed by atoms with E-state index in [1.54, 1.807) is 30.3 Å². The van der Waals surface area contributed by atoms with Crippen molar-refractivity contribution in [2.75, 3.05) is 0 Å². The fourth-order valence-corrected chi connectivity index (χ4v) is 2.78. The highest BCUT2D eigenvalue weighted by Gasteiger charge is 2.16. The molecule has 3 rings (SSSR count). The molecule has 2 aromatic carbocycles. The zero-order valence-corrected chi connectivity index (χ0v) is 15.1. The zero-order valence-electron chi connectivity index (χ0n) is 15.1. The predicted molar refractivity (Wildman–Crippen MR) is 100 cm³/mol. The Balaban J connectivity index is 1.79. The molecule has 3 aromatic rings. The minimum Gasteiger partial charge on any atom is -0.350 e. The molecule has 1 aromatic heterocycles. The monoisotopic (exact) mass is 368 g/mol. The highest BCUT2D eigenvalue weighted by atomic mass is 19.1. The normalized spacial score (nSPS) is 10.7. The van der Waals surface area contributed by atoms with Crippen LogP contribution in [0.1, 0.15) is 24.7 Å². The molecule has 27 heavy (non-hydrogen) atoms. The van der Waals surface area contributed by atoms with Crippen LogP contribution >= 0.6 is 0 Å². The summed E-state index contributed by atoms with van der Waals surface area (Å²) in [6.45, 7) is 1.89. The Kier molecular flexibility index (Phi) is 5.80. The molecule has 140 valence electrons. The molecule has 0 saturated heterocycles. The third-order valence-corrected chi connectivity index (χ3v) is 4.15. The number of nitrogens with zero attached hydrogens (tertiary/aromatic N) is 3. The van der Waals surface area contributed by atoms with Gasteiger partial charge in [-0.05, 0) is 24.6 Å². The molecule has 0 atom stereocenters. The number of aromatic nitrogens is 3. The van der Waals surface area contributed by atoms with Gasteiger partial charge in [0.1, 0.15) is 18.2 Å². The number of benzene rings is 2. The van der Waals surface area contributed by atoms with E-state index in [9.17, 15) is 14.0 Å². The lowest BCUT2D eigenvalue weighted by atomic mass is 10.2. The Hall–Kier alpha value is -3.22. The van der Waals surface area contributed by atoms with E-state index >= 15 is 0 Å². The van der Waals surface area contributed by atoms with Gasteiger partial charge < -0.3 is 5.32 Å². The molecule has 0 saturated carbocycles. The van der Waals surface area contributed by atoms with Gasteiger partial charge in [-0.15, -0.1) is 5.10 Å². The van der Waals surface area contributed by atoms with Crippen molar-refractivity contribution in [3.05, 3.63) is 82.3 Å². The van der Waals surface area contributed by atoms with E-state index in [4.69, 9.17) is 0 Å². The van der Waals surface area contributed by atoms with Gasteiger partial charge >= 0.3 is 5.69 Å². The molecule has 0 aliphatic carbocycles. The van der Waals surface area contributed by atoms with Gasteiger partial charge in [0, 0.05) is 18.5 Å². The number of amides is 1. The van der Waals surface area contributed by atoms with Gasteiger partial charge in [0.05, 0.1) is 5.69 Å². The van der Waals surface area contributed by atoms with Gasteiger partial charge in [-0.3, -0.25) is 9.36 Å². The van der Waals surface area contributed by atoms with Gasteiger partial charge in [-0.2, -0.15) is 4.68 Å². The Morgan fingerprint density at radius 2 is 1.81 bits per heavy atom. The van der Waals surface area contributed by atoms with Crippen LogP contribution in [-0.2, 0) is 24.3 Å². The van der Waals surface area contributed by atoms with Crippen LogP contribution in [0, 0.1) is 5.82 Å². The van der Waals surface area contributed by atoms with E-state index in [-0.39, 0.29) is 30.5 Å². The van der Waals surface area contributed by atoms with E-state index in [2.05, 4.69) is 10.4 Å². The molecular formula is C20H21FN4O2. The summed E-state index contributed by atoms with van der Waals surface area (Å²) in [7, 11) is 0. The third kappa shape index (κ3) is 4.31. The molecule has 0 bridgehead atoms. The summed E-state index contributed by atoms with van der Waals surface area (Å²) in [6, 6.07) is 15.3. The molecule has 0 spiro atoms. The van der Waals surface area contributed by atoms with Gasteiger partial charge in [-0.1, -0.05) is 43.3 Å². The fraction of sp³-hybridized carbons (Fsp3) is 0.250. The minimum absolute atomic E-state index is 0.0657. The first-order chi connectivity index (χ1) is 13.1. The highest BCUT2D eigenvalue weighted by Crippen LogP contribution is 2.07. The molecule has 0 fully saturated rings. The van der Waals surface area contributed by atoms with Crippen LogP contribution in [0.25, 0.3) is 5.69 Å². The average molecular weight is 368 g/mol. The Labute approximate surface area is 156 Å². The van der Waals surface area contributed by atoms with E-state index < -0.39 is 0 Å². The number of para-hydroxylation sites is 1. The maximum Gasteiger partial charge on any atom is 0.351 e. The summed E-state index contributed by atoms with van der Waals surface area (Å²) in [5, 5.41) is 7.04. The number of hydrogen-bond donors (Lipinski definition) is 1. The van der Waals surface area contributed by atoms with E-state index in [0.29, 0.717) is 23.5 Å². The summed E-state index contributed by atoms with van der Waals surface area (Å²) in [4.78, 5) is 25.1. The van der Waals surface area contributed by atoms with Crippen molar-refractivity contribution < 1.29 is 9.18 Å². The van der Waals surface area contributed by atoms with Crippen LogP contribution in [0.15, 0.2) is 59.4 Å². The molecule has 0 aliphatic heterocycles. The molecule has 1 amide bonds. The van der Waals surface area contributed by atoms with Crippen LogP contribution in [0.3, 0.4) is 0 Å². The molecule has 1 heterocycles. The molecule has 0 unspecified atom stereocenters. The van der Waals surface area contributed by atoms with Crippen LogP contribution in [0.4, 0.5) is 4.39 Å². The lowest BCUT2D eigenvalue weighted by Crippen LogP contribution is -2.33. The topological polar surface area (TPSA) is 68.9 Å². The first kappa shape index (κ1) is 18.6. The number of hydrogen-bond acceptors (Lipinski definition) is 3. The highest BCUT2D eigenvalue weighted by molar-refractivity contribution is 5.75. The first-order valence-electron chi connectivity index (χ1n) is 8.84. The van der Waals surface area contributed by atoms with Gasteiger partial charge in [0.2, 0.25) is 5.91 Å². The van der Waals surface area contributed by atoms with E-state index in [1.165, 1.54) is 15.3 Å². The summed E-state index contributed by atoms with van der Waals surface area (Å²) >= 11 is 0. The van der Waals surface area contributed by atoms with Crippen molar-refractivity contribution in [1.82, 2.24) is 19.7 Å². The number of nitrogens with one attached hydrogen (secondary N) is 1. The maximum atomic E-state index is 13.7. The first-order valence-corrected chi connectivity index (χ1v) is 8.84. The second-order valence-electron chi connectivity index (χ2n) is 6.15. The lowest BCUT2D eigenvalue weighted by Gasteiger charge is -2.07. The van der Waals surface area contributed by atoms with Crippen molar-refractivity contribution in [3.8, 4) is 5.69 Å². The second-order valence-corrected chi connectivity index (χ2v) is 6.15. The van der Waals surface area contributed by atoms with Crippen molar-refractivity contribution in [2.24, 2.45) is 0 Å². The molecule has 7 heteroatoms. The Bertz CT molecular complexity index is 979. The van der Waals surface area contributed by atoms with Crippen LogP contribution in [0.5, 0.6) is 0 Å². The van der Waals surface area contributed by atoms with Crippen molar-refractivity contribution in [2.45, 2.75) is 32.9 Å². The average Bonchev–Trinajstić information content (AvgIpc) is 2.98. The van der Waals surface area contributed by atoms with Crippen LogP contribution in [0.2, 0.25) is 0 Å². The number of aryl methyl sites for hydroxylation is 1. The maximum absolute atomic E-state index is 13.7.